The van der Waals surface area contributed by atoms with Crippen molar-refractivity contribution in [3.63, 3.8) is 0 Å². The summed E-state index contributed by atoms with van der Waals surface area (Å²) in [4.78, 5) is 0. The molecule has 0 radical (unpaired) electrons. The topological polar surface area (TPSA) is 24.1 Å². The maximum Gasteiger partial charge on any atom is 0.171 e. The highest BCUT2D eigenvalue weighted by Gasteiger charge is 2.20. The Hall–Kier alpha value is -1.58. The third-order valence-electron chi connectivity index (χ3n) is 4.19. The lowest BCUT2D eigenvalue weighted by Crippen LogP contribution is -2.34. The molecule has 0 aromatic heterocycles. The summed E-state index contributed by atoms with van der Waals surface area (Å²) in [5.41, 5.74) is 4.75. The highest BCUT2D eigenvalue weighted by molar-refractivity contribution is 7.80. The average molecular weight is 331 g/mol. The fourth-order valence-electron chi connectivity index (χ4n) is 2.96. The molecule has 0 spiro atoms. The van der Waals surface area contributed by atoms with Gasteiger partial charge >= 0.3 is 0 Å². The van der Waals surface area contributed by atoms with Gasteiger partial charge in [0.1, 0.15) is 0 Å². The van der Waals surface area contributed by atoms with Gasteiger partial charge in [-0.05, 0) is 67.2 Å². The number of halogens is 1. The normalized spacial score (nSPS) is 16.7. The Kier molecular flexibility index (Phi) is 4.65. The van der Waals surface area contributed by atoms with Crippen molar-refractivity contribution in [3.8, 4) is 0 Å². The van der Waals surface area contributed by atoms with Crippen molar-refractivity contribution >= 4 is 34.6 Å². The predicted octanol–water partition coefficient (Wildman–Crippen LogP) is 5.01. The van der Waals surface area contributed by atoms with Crippen molar-refractivity contribution < 1.29 is 0 Å². The van der Waals surface area contributed by atoms with Gasteiger partial charge in [-0.2, -0.15) is 0 Å². The molecule has 1 atom stereocenters. The van der Waals surface area contributed by atoms with E-state index in [-0.39, 0.29) is 6.04 Å². The van der Waals surface area contributed by atoms with Gasteiger partial charge < -0.3 is 10.6 Å². The molecule has 2 nitrogen and oxygen atoms in total. The van der Waals surface area contributed by atoms with Crippen LogP contribution in [-0.4, -0.2) is 5.11 Å². The molecule has 2 N–H and O–H groups in total. The summed E-state index contributed by atoms with van der Waals surface area (Å²) in [6.45, 7) is 1.99. The molecule has 0 saturated carbocycles. The Bertz CT molecular complexity index is 699. The van der Waals surface area contributed by atoms with Gasteiger partial charge in [-0.15, -0.1) is 0 Å². The molecule has 0 amide bonds. The summed E-state index contributed by atoms with van der Waals surface area (Å²) in [7, 11) is 0. The maximum absolute atomic E-state index is 6.15. The van der Waals surface area contributed by atoms with Crippen molar-refractivity contribution in [3.05, 3.63) is 64.2 Å². The fourth-order valence-corrected chi connectivity index (χ4v) is 3.39. The van der Waals surface area contributed by atoms with Gasteiger partial charge in [0.15, 0.2) is 5.11 Å². The Labute approximate surface area is 141 Å². The Morgan fingerprint density at radius 1 is 1.18 bits per heavy atom. The first-order chi connectivity index (χ1) is 10.6. The molecule has 0 fully saturated rings. The SMILES string of the molecule is Cc1c(Cl)cccc1NC(=S)N[C@@H]1CCCc2ccccc21. The lowest BCUT2D eigenvalue weighted by molar-refractivity contribution is 0.529. The summed E-state index contributed by atoms with van der Waals surface area (Å²) in [6.07, 6.45) is 3.45. The van der Waals surface area contributed by atoms with E-state index in [0.29, 0.717) is 5.11 Å². The average Bonchev–Trinajstić information content (AvgIpc) is 2.52. The summed E-state index contributed by atoms with van der Waals surface area (Å²) in [6, 6.07) is 14.7. The summed E-state index contributed by atoms with van der Waals surface area (Å²) in [5, 5.41) is 8.10. The first-order valence-electron chi connectivity index (χ1n) is 7.55. The second kappa shape index (κ2) is 6.67. The van der Waals surface area contributed by atoms with E-state index in [2.05, 4.69) is 34.9 Å². The van der Waals surface area contributed by atoms with Crippen molar-refractivity contribution in [1.82, 2.24) is 5.32 Å². The fraction of sp³-hybridized carbons (Fsp3) is 0.278. The molecule has 0 bridgehead atoms. The van der Waals surface area contributed by atoms with Crippen LogP contribution in [0.25, 0.3) is 0 Å². The van der Waals surface area contributed by atoms with E-state index in [4.69, 9.17) is 23.8 Å². The van der Waals surface area contributed by atoms with E-state index in [0.717, 1.165) is 29.1 Å². The summed E-state index contributed by atoms with van der Waals surface area (Å²) < 4.78 is 0. The first kappa shape index (κ1) is 15.3. The zero-order valence-corrected chi connectivity index (χ0v) is 14.1. The number of benzene rings is 2. The van der Waals surface area contributed by atoms with Gasteiger partial charge in [0.25, 0.3) is 0 Å². The van der Waals surface area contributed by atoms with E-state index in [1.54, 1.807) is 0 Å². The van der Waals surface area contributed by atoms with Crippen LogP contribution in [0.3, 0.4) is 0 Å². The molecule has 1 aliphatic rings. The van der Waals surface area contributed by atoms with Crippen LogP contribution in [0.15, 0.2) is 42.5 Å². The minimum atomic E-state index is 0.282. The highest BCUT2D eigenvalue weighted by Crippen LogP contribution is 2.29. The molecular formula is C18H19ClN2S. The van der Waals surface area contributed by atoms with E-state index >= 15 is 0 Å². The second-order valence-corrected chi connectivity index (χ2v) is 6.47. The number of anilines is 1. The number of fused-ring (bicyclic) bond motifs is 1. The van der Waals surface area contributed by atoms with Crippen LogP contribution in [0.5, 0.6) is 0 Å². The van der Waals surface area contributed by atoms with E-state index in [1.165, 1.54) is 17.5 Å². The Morgan fingerprint density at radius 2 is 2.00 bits per heavy atom. The van der Waals surface area contributed by atoms with Crippen LogP contribution in [0.2, 0.25) is 5.02 Å². The van der Waals surface area contributed by atoms with Crippen molar-refractivity contribution in [2.24, 2.45) is 0 Å². The summed E-state index contributed by atoms with van der Waals surface area (Å²) in [5.74, 6) is 0. The minimum Gasteiger partial charge on any atom is -0.356 e. The molecule has 0 aliphatic heterocycles. The van der Waals surface area contributed by atoms with Crippen LogP contribution in [0.4, 0.5) is 5.69 Å². The van der Waals surface area contributed by atoms with Crippen LogP contribution in [0, 0.1) is 6.92 Å². The van der Waals surface area contributed by atoms with Gasteiger partial charge in [0.05, 0.1) is 6.04 Å². The molecule has 114 valence electrons. The Morgan fingerprint density at radius 3 is 2.86 bits per heavy atom. The molecule has 0 heterocycles. The molecule has 0 unspecified atom stereocenters. The number of hydrogen-bond donors (Lipinski definition) is 2. The number of rotatable bonds is 2. The number of aryl methyl sites for hydroxylation is 1. The Balaban J connectivity index is 1.72. The maximum atomic E-state index is 6.15. The van der Waals surface area contributed by atoms with Gasteiger partial charge in [-0.3, -0.25) is 0 Å². The zero-order valence-electron chi connectivity index (χ0n) is 12.5. The second-order valence-electron chi connectivity index (χ2n) is 5.65. The summed E-state index contributed by atoms with van der Waals surface area (Å²) >= 11 is 11.6. The lowest BCUT2D eigenvalue weighted by Gasteiger charge is -2.27. The lowest BCUT2D eigenvalue weighted by atomic mass is 9.88. The third-order valence-corrected chi connectivity index (χ3v) is 4.82. The molecule has 22 heavy (non-hydrogen) atoms. The molecular weight excluding hydrogens is 312 g/mol. The van der Waals surface area contributed by atoms with E-state index in [9.17, 15) is 0 Å². The van der Waals surface area contributed by atoms with Gasteiger partial charge in [-0.1, -0.05) is 41.9 Å². The quantitative estimate of drug-likeness (QED) is 0.757. The van der Waals surface area contributed by atoms with Gasteiger partial charge in [0, 0.05) is 10.7 Å². The van der Waals surface area contributed by atoms with Crippen molar-refractivity contribution in [1.29, 1.82) is 0 Å². The largest absolute Gasteiger partial charge is 0.356 e. The predicted molar refractivity (Wildman–Crippen MR) is 97.7 cm³/mol. The molecule has 3 rings (SSSR count). The molecule has 4 heteroatoms. The zero-order chi connectivity index (χ0) is 15.5. The van der Waals surface area contributed by atoms with Crippen molar-refractivity contribution in [2.75, 3.05) is 5.32 Å². The molecule has 1 aliphatic carbocycles. The van der Waals surface area contributed by atoms with Crippen molar-refractivity contribution in [2.45, 2.75) is 32.2 Å². The van der Waals surface area contributed by atoms with E-state index < -0.39 is 0 Å². The highest BCUT2D eigenvalue weighted by atomic mass is 35.5. The van der Waals surface area contributed by atoms with Crippen LogP contribution < -0.4 is 10.6 Å². The first-order valence-corrected chi connectivity index (χ1v) is 8.34. The number of hydrogen-bond acceptors (Lipinski definition) is 1. The van der Waals surface area contributed by atoms with Crippen LogP contribution >= 0.6 is 23.8 Å². The standard InChI is InChI=1S/C18H19ClN2S/c1-12-15(19)9-5-10-16(12)20-18(22)21-17-11-4-7-13-6-2-3-8-14(13)17/h2-3,5-6,8-10,17H,4,7,11H2,1H3,(H2,20,21,22)/t17-/m1/s1. The van der Waals surface area contributed by atoms with Gasteiger partial charge in [-0.25, -0.2) is 0 Å². The van der Waals surface area contributed by atoms with Crippen LogP contribution in [-0.2, 0) is 6.42 Å². The number of thiocarbonyl (C=S) groups is 1. The molecule has 0 saturated heterocycles. The molecule has 2 aromatic rings. The smallest absolute Gasteiger partial charge is 0.171 e. The monoisotopic (exact) mass is 330 g/mol. The van der Waals surface area contributed by atoms with Gasteiger partial charge in [0.2, 0.25) is 0 Å². The minimum absolute atomic E-state index is 0.282. The van der Waals surface area contributed by atoms with Crippen LogP contribution in [0.1, 0.15) is 35.6 Å². The third kappa shape index (κ3) is 3.26. The van der Waals surface area contributed by atoms with E-state index in [1.807, 2.05) is 25.1 Å². The molecule has 2 aromatic carbocycles. The number of nitrogens with one attached hydrogen (secondary N) is 2.